The molecule has 8 rings (SSSR count). The Kier molecular flexibility index (Phi) is 20.3. The minimum absolute atomic E-state index is 0. The van der Waals surface area contributed by atoms with E-state index >= 15 is 0 Å². The van der Waals surface area contributed by atoms with Crippen LogP contribution in [0.5, 0.6) is 11.5 Å². The second kappa shape index (κ2) is 26.1. The maximum atomic E-state index is 12.7. The molecule has 2 N–H and O–H groups in total. The molecule has 0 radical (unpaired) electrons. The second-order valence-corrected chi connectivity index (χ2v) is 19.9. The molecule has 0 aliphatic carbocycles. The van der Waals surface area contributed by atoms with Gasteiger partial charge in [0.1, 0.15) is 48.0 Å². The number of carbonyl (C=O) groups is 2. The zero-order valence-electron chi connectivity index (χ0n) is 38.1. The monoisotopic (exact) mass is 1190 g/mol. The molecule has 0 bridgehead atoms. The van der Waals surface area contributed by atoms with Crippen LogP contribution in [0.3, 0.4) is 0 Å². The number of benzene rings is 4. The molecule has 2 atom stereocenters. The summed E-state index contributed by atoms with van der Waals surface area (Å²) in [6.45, 7) is 3.83. The highest BCUT2D eigenvalue weighted by Crippen LogP contribution is 2.35. The number of hydrogen-bond donors (Lipinski definition) is 2. The van der Waals surface area contributed by atoms with Gasteiger partial charge in [-0.1, -0.05) is 42.8 Å². The maximum absolute atomic E-state index is 12.7. The van der Waals surface area contributed by atoms with E-state index < -0.39 is 0 Å². The summed E-state index contributed by atoms with van der Waals surface area (Å²) in [6.07, 6.45) is 12.0. The van der Waals surface area contributed by atoms with Gasteiger partial charge in [-0.3, -0.25) is 9.59 Å². The molecule has 2 unspecified atom stereocenters. The number of anilines is 4. The largest absolute Gasteiger partial charge is 0.488 e. The molecule has 4 aromatic carbocycles. The molecule has 2 aliphatic heterocycles. The molecule has 0 amide bonds. The van der Waals surface area contributed by atoms with Gasteiger partial charge in [0.15, 0.2) is 11.6 Å². The summed E-state index contributed by atoms with van der Waals surface area (Å²) in [5.41, 5.74) is 4.66. The lowest BCUT2D eigenvalue weighted by atomic mass is 10.0. The number of nitrogens with one attached hydrogen (secondary N) is 2. The predicted octanol–water partition coefficient (Wildman–Crippen LogP) is 10.7. The van der Waals surface area contributed by atoms with Crippen molar-refractivity contribution < 1.29 is 28.5 Å². The quantitative estimate of drug-likeness (QED) is 0.0620. The van der Waals surface area contributed by atoms with Crippen molar-refractivity contribution in [2.45, 2.75) is 45.3 Å². The van der Waals surface area contributed by atoms with Gasteiger partial charge in [0.25, 0.3) is 0 Å². The van der Waals surface area contributed by atoms with Gasteiger partial charge in [-0.2, -0.15) is 0 Å². The van der Waals surface area contributed by atoms with Crippen molar-refractivity contribution in [3.8, 4) is 11.5 Å². The first kappa shape index (κ1) is 53.8. The molecule has 0 spiro atoms. The molecule has 14 nitrogen and oxygen atoms in total. The van der Waals surface area contributed by atoms with Crippen LogP contribution in [0.15, 0.2) is 97.6 Å². The molecular weight excluding hydrogens is 1140 g/mol. The normalized spacial score (nSPS) is 15.7. The van der Waals surface area contributed by atoms with Crippen molar-refractivity contribution in [1.82, 2.24) is 29.7 Å². The van der Waals surface area contributed by atoms with Crippen molar-refractivity contribution in [3.05, 3.63) is 126 Å². The highest BCUT2D eigenvalue weighted by Gasteiger charge is 2.23. The summed E-state index contributed by atoms with van der Waals surface area (Å²) in [4.78, 5) is 47.2. The molecular formula is C51H56Cl2I2N8O6. The van der Waals surface area contributed by atoms with E-state index in [0.717, 1.165) is 64.3 Å². The van der Waals surface area contributed by atoms with Gasteiger partial charge in [-0.25, -0.2) is 19.9 Å². The SMILES string of the molecule is C.CN(C)C/C=C/C(=O)Cc1cc2c(Nc3ccc([123I])c(Cl)c3)ncnc2cc1OC1CCOC1.CN(C)C/C=C/C(=O)Cc1cc2c(Nc3ccc([123I])c(Cl)c3)ncnc2cc1OC1CCOC1. The van der Waals surface area contributed by atoms with Crippen LogP contribution in [0.2, 0.25) is 10.0 Å². The average Bonchev–Trinajstić information content (AvgIpc) is 4.02. The van der Waals surface area contributed by atoms with Crippen LogP contribution in [0.25, 0.3) is 21.8 Å². The summed E-state index contributed by atoms with van der Waals surface area (Å²) < 4.78 is 25.3. The summed E-state index contributed by atoms with van der Waals surface area (Å²) in [5.74, 6) is 2.58. The highest BCUT2D eigenvalue weighted by molar-refractivity contribution is 14.1. The van der Waals surface area contributed by atoms with E-state index in [4.69, 9.17) is 42.1 Å². The second-order valence-electron chi connectivity index (χ2n) is 16.7. The van der Waals surface area contributed by atoms with Crippen LogP contribution in [-0.4, -0.2) is 121 Å². The van der Waals surface area contributed by atoms with E-state index in [2.05, 4.69) is 75.8 Å². The smallest absolute Gasteiger partial charge is 0.159 e. The molecule has 4 heterocycles. The lowest BCUT2D eigenvalue weighted by molar-refractivity contribution is -0.114. The molecule has 2 aromatic heterocycles. The van der Waals surface area contributed by atoms with Gasteiger partial charge in [0.2, 0.25) is 0 Å². The number of fused-ring (bicyclic) bond motifs is 2. The lowest BCUT2D eigenvalue weighted by Crippen LogP contribution is -2.17. The Labute approximate surface area is 440 Å². The summed E-state index contributed by atoms with van der Waals surface area (Å²) >= 11 is 17.0. The zero-order chi connectivity index (χ0) is 48.2. The van der Waals surface area contributed by atoms with Crippen LogP contribution in [0.1, 0.15) is 31.4 Å². The number of carbonyl (C=O) groups excluding carboxylic acids is 2. The fourth-order valence-electron chi connectivity index (χ4n) is 7.23. The standard InChI is InChI=1S/2C25H26ClIN4O3.CH4/c2*1-31(2)8-3-4-18(32)10-16-11-20-23(13-24(16)34-19-7-9-33-14-19)28-15-29-25(20)30-17-5-6-22(27)21(26)12-17;/h2*3-6,11-13,15,19H,7-10,14H2,1-2H3,(H,28,29,30);1H4/b2*4-3+;/i2*27-4;. The number of halogens is 4. The Morgan fingerprint density at radius 3 is 1.45 bits per heavy atom. The van der Waals surface area contributed by atoms with Crippen molar-refractivity contribution >= 4 is 125 Å². The number of likely N-dealkylation sites (N-methyl/N-ethyl adjacent to an activating group) is 2. The Morgan fingerprint density at radius 1 is 0.667 bits per heavy atom. The molecule has 2 saturated heterocycles. The topological polar surface area (TPSA) is 153 Å². The number of aromatic nitrogens is 4. The Bertz CT molecular complexity index is 2610. The molecule has 6 aromatic rings. The Hall–Kier alpha value is -4.54. The van der Waals surface area contributed by atoms with E-state index in [1.807, 2.05) is 111 Å². The highest BCUT2D eigenvalue weighted by atomic mass is 123. The zero-order valence-corrected chi connectivity index (χ0v) is 43.9. The van der Waals surface area contributed by atoms with Gasteiger partial charge in [0, 0.05) is 91.3 Å². The average molecular weight is 1190 g/mol. The van der Waals surface area contributed by atoms with Gasteiger partial charge in [-0.15, -0.1) is 0 Å². The van der Waals surface area contributed by atoms with Crippen LogP contribution in [0, 0.1) is 7.14 Å². The fourth-order valence-corrected chi connectivity index (χ4v) is 8.26. The first-order valence-corrected chi connectivity index (χ1v) is 24.9. The number of hydrogen-bond acceptors (Lipinski definition) is 14. The number of ketones is 2. The van der Waals surface area contributed by atoms with Crippen molar-refractivity contribution in [3.63, 3.8) is 0 Å². The third-order valence-corrected chi connectivity index (χ3v) is 13.8. The maximum Gasteiger partial charge on any atom is 0.159 e. The molecule has 2 fully saturated rings. The minimum atomic E-state index is -0.0380. The first-order valence-electron chi connectivity index (χ1n) is 21.9. The number of rotatable bonds is 18. The van der Waals surface area contributed by atoms with E-state index in [1.54, 1.807) is 12.2 Å². The van der Waals surface area contributed by atoms with Gasteiger partial charge < -0.3 is 39.4 Å². The van der Waals surface area contributed by atoms with E-state index in [0.29, 0.717) is 72.7 Å². The molecule has 69 heavy (non-hydrogen) atoms. The molecule has 0 saturated carbocycles. The van der Waals surface area contributed by atoms with E-state index in [9.17, 15) is 9.59 Å². The first-order chi connectivity index (χ1) is 32.8. The van der Waals surface area contributed by atoms with E-state index in [-0.39, 0.29) is 44.0 Å². The third-order valence-electron chi connectivity index (χ3n) is 10.6. The number of allylic oxidation sites excluding steroid dienone is 2. The minimum Gasteiger partial charge on any atom is -0.488 e. The van der Waals surface area contributed by atoms with Crippen molar-refractivity contribution in [2.75, 3.05) is 78.3 Å². The predicted molar refractivity (Wildman–Crippen MR) is 293 cm³/mol. The van der Waals surface area contributed by atoms with Gasteiger partial charge in [0.05, 0.1) is 47.5 Å². The summed E-state index contributed by atoms with van der Waals surface area (Å²) in [5, 5.41) is 9.58. The molecule has 2 aliphatic rings. The summed E-state index contributed by atoms with van der Waals surface area (Å²) in [6, 6.07) is 19.1. The van der Waals surface area contributed by atoms with E-state index in [1.165, 1.54) is 12.7 Å². The molecule has 364 valence electrons. The summed E-state index contributed by atoms with van der Waals surface area (Å²) in [7, 11) is 7.85. The Balaban J connectivity index is 0.000000224. The van der Waals surface area contributed by atoms with Crippen LogP contribution in [-0.2, 0) is 31.9 Å². The number of ether oxygens (including phenoxy) is 4. The fraction of sp³-hybridized carbons (Fsp3) is 0.333. The lowest BCUT2D eigenvalue weighted by Gasteiger charge is -2.17. The number of nitrogens with zero attached hydrogens (tertiary/aromatic N) is 6. The van der Waals surface area contributed by atoms with Crippen LogP contribution in [0.4, 0.5) is 23.0 Å². The molecule has 18 heteroatoms. The van der Waals surface area contributed by atoms with Crippen LogP contribution >= 0.6 is 68.4 Å². The van der Waals surface area contributed by atoms with Gasteiger partial charge >= 0.3 is 0 Å². The van der Waals surface area contributed by atoms with Gasteiger partial charge in [-0.05, 0) is 134 Å². The Morgan fingerprint density at radius 2 is 1.09 bits per heavy atom. The van der Waals surface area contributed by atoms with Crippen molar-refractivity contribution in [1.29, 1.82) is 0 Å². The third kappa shape index (κ3) is 15.7. The van der Waals surface area contributed by atoms with Crippen LogP contribution < -0.4 is 20.1 Å². The van der Waals surface area contributed by atoms with Crippen molar-refractivity contribution in [2.24, 2.45) is 0 Å².